The first kappa shape index (κ1) is 16.8. The van der Waals surface area contributed by atoms with Crippen LogP contribution < -0.4 is 14.2 Å². The molecule has 1 aromatic carbocycles. The highest BCUT2D eigenvalue weighted by Crippen LogP contribution is 2.42. The van der Waals surface area contributed by atoms with E-state index in [0.717, 1.165) is 16.7 Å². The van der Waals surface area contributed by atoms with Crippen molar-refractivity contribution in [1.82, 2.24) is 4.90 Å². The summed E-state index contributed by atoms with van der Waals surface area (Å²) < 4.78 is 15.9. The number of amides is 2. The van der Waals surface area contributed by atoms with Gasteiger partial charge in [0.1, 0.15) is 0 Å². The number of benzene rings is 1. The second-order valence-corrected chi connectivity index (χ2v) is 5.39. The SMILES string of the molecule is C#CCN1C(=O)S/C(=C\c2ccc(OC)c(OC)c2OC)C1=O. The minimum atomic E-state index is -0.421. The quantitative estimate of drug-likeness (QED) is 0.609. The van der Waals surface area contributed by atoms with Gasteiger partial charge in [0.2, 0.25) is 5.75 Å². The highest BCUT2D eigenvalue weighted by molar-refractivity contribution is 8.18. The molecular formula is C16H15NO5S. The molecule has 0 unspecified atom stereocenters. The van der Waals surface area contributed by atoms with Crippen LogP contribution in [0.15, 0.2) is 17.0 Å². The molecule has 1 heterocycles. The first-order valence-electron chi connectivity index (χ1n) is 6.55. The summed E-state index contributed by atoms with van der Waals surface area (Å²) in [4.78, 5) is 25.3. The number of rotatable bonds is 5. The Morgan fingerprint density at radius 2 is 1.87 bits per heavy atom. The Kier molecular flexibility index (Phi) is 5.19. The lowest BCUT2D eigenvalue weighted by molar-refractivity contribution is -0.122. The van der Waals surface area contributed by atoms with E-state index >= 15 is 0 Å². The summed E-state index contributed by atoms with van der Waals surface area (Å²) in [5.74, 6) is 3.20. The molecule has 0 spiro atoms. The highest BCUT2D eigenvalue weighted by atomic mass is 32.2. The van der Waals surface area contributed by atoms with Crippen molar-refractivity contribution < 1.29 is 23.8 Å². The van der Waals surface area contributed by atoms with Gasteiger partial charge in [0.15, 0.2) is 11.5 Å². The van der Waals surface area contributed by atoms with Crippen LogP contribution >= 0.6 is 11.8 Å². The van der Waals surface area contributed by atoms with E-state index in [1.165, 1.54) is 21.3 Å². The van der Waals surface area contributed by atoms with Gasteiger partial charge in [0.25, 0.3) is 11.1 Å². The summed E-state index contributed by atoms with van der Waals surface area (Å²) in [7, 11) is 4.49. The lowest BCUT2D eigenvalue weighted by atomic mass is 10.1. The molecular weight excluding hydrogens is 318 g/mol. The molecule has 0 radical (unpaired) electrons. The second kappa shape index (κ2) is 7.11. The average molecular weight is 333 g/mol. The van der Waals surface area contributed by atoms with Gasteiger partial charge in [-0.25, -0.2) is 0 Å². The van der Waals surface area contributed by atoms with E-state index in [4.69, 9.17) is 20.6 Å². The van der Waals surface area contributed by atoms with Crippen LogP contribution in [0.3, 0.4) is 0 Å². The van der Waals surface area contributed by atoms with E-state index < -0.39 is 11.1 Å². The zero-order valence-corrected chi connectivity index (χ0v) is 13.7. The molecule has 0 aromatic heterocycles. The molecule has 6 nitrogen and oxygen atoms in total. The maximum atomic E-state index is 12.2. The molecule has 1 saturated heterocycles. The van der Waals surface area contributed by atoms with Crippen LogP contribution in [0, 0.1) is 12.3 Å². The fourth-order valence-corrected chi connectivity index (χ4v) is 2.94. The molecule has 1 fully saturated rings. The molecule has 0 aliphatic carbocycles. The molecule has 120 valence electrons. The minimum Gasteiger partial charge on any atom is -0.493 e. The van der Waals surface area contributed by atoms with Crippen molar-refractivity contribution in [2.24, 2.45) is 0 Å². The molecule has 0 N–H and O–H groups in total. The van der Waals surface area contributed by atoms with Crippen LogP contribution in [0.25, 0.3) is 6.08 Å². The Labute approximate surface area is 138 Å². The van der Waals surface area contributed by atoms with Crippen LogP contribution in [-0.2, 0) is 4.79 Å². The van der Waals surface area contributed by atoms with Crippen molar-refractivity contribution >= 4 is 29.0 Å². The molecule has 23 heavy (non-hydrogen) atoms. The third-order valence-corrected chi connectivity index (χ3v) is 4.05. The van der Waals surface area contributed by atoms with Crippen LogP contribution in [0.1, 0.15) is 5.56 Å². The van der Waals surface area contributed by atoms with Crippen molar-refractivity contribution in [2.75, 3.05) is 27.9 Å². The van der Waals surface area contributed by atoms with Gasteiger partial charge in [0.05, 0.1) is 32.8 Å². The third kappa shape index (κ3) is 3.12. The number of carbonyl (C=O) groups excluding carboxylic acids is 2. The van der Waals surface area contributed by atoms with Crippen molar-refractivity contribution in [3.8, 4) is 29.6 Å². The molecule has 1 aliphatic heterocycles. The number of nitrogens with zero attached hydrogens (tertiary/aromatic N) is 1. The van der Waals surface area contributed by atoms with Gasteiger partial charge in [-0.3, -0.25) is 14.5 Å². The van der Waals surface area contributed by atoms with Gasteiger partial charge >= 0.3 is 0 Å². The lowest BCUT2D eigenvalue weighted by Crippen LogP contribution is -2.28. The van der Waals surface area contributed by atoms with Gasteiger partial charge in [-0.1, -0.05) is 5.92 Å². The molecule has 1 aromatic rings. The number of hydrogen-bond donors (Lipinski definition) is 0. The Balaban J connectivity index is 2.46. The highest BCUT2D eigenvalue weighted by Gasteiger charge is 2.34. The Morgan fingerprint density at radius 1 is 1.17 bits per heavy atom. The first-order chi connectivity index (χ1) is 11.1. The Bertz CT molecular complexity index is 720. The maximum Gasteiger partial charge on any atom is 0.294 e. The fourth-order valence-electron chi connectivity index (χ4n) is 2.11. The van der Waals surface area contributed by atoms with Gasteiger partial charge in [-0.15, -0.1) is 6.42 Å². The van der Waals surface area contributed by atoms with Gasteiger partial charge in [-0.05, 0) is 30.0 Å². The van der Waals surface area contributed by atoms with E-state index in [9.17, 15) is 9.59 Å². The van der Waals surface area contributed by atoms with Crippen molar-refractivity contribution in [3.63, 3.8) is 0 Å². The lowest BCUT2D eigenvalue weighted by Gasteiger charge is -2.14. The van der Waals surface area contributed by atoms with E-state index in [-0.39, 0.29) is 11.4 Å². The predicted octanol–water partition coefficient (Wildman–Crippen LogP) is 2.38. The largest absolute Gasteiger partial charge is 0.493 e. The standard InChI is InChI=1S/C16H15NO5S/c1-5-8-17-15(18)12(23-16(17)19)9-10-6-7-11(20-2)14(22-4)13(10)21-3/h1,6-7,9H,8H2,2-4H3/b12-9-. The number of methoxy groups -OCH3 is 3. The molecule has 0 bridgehead atoms. The van der Waals surface area contributed by atoms with Gasteiger partial charge in [-0.2, -0.15) is 0 Å². The number of hydrogen-bond acceptors (Lipinski definition) is 6. The summed E-state index contributed by atoms with van der Waals surface area (Å²) in [6, 6.07) is 3.41. The number of carbonyl (C=O) groups is 2. The number of ether oxygens (including phenoxy) is 3. The van der Waals surface area contributed by atoms with Crippen molar-refractivity contribution in [2.45, 2.75) is 0 Å². The van der Waals surface area contributed by atoms with Gasteiger partial charge in [0, 0.05) is 5.56 Å². The molecule has 2 amide bonds. The fraction of sp³-hybridized carbons (Fsp3) is 0.250. The topological polar surface area (TPSA) is 65.1 Å². The van der Waals surface area contributed by atoms with E-state index in [1.54, 1.807) is 18.2 Å². The zero-order valence-electron chi connectivity index (χ0n) is 12.9. The molecule has 0 atom stereocenters. The van der Waals surface area contributed by atoms with Crippen molar-refractivity contribution in [3.05, 3.63) is 22.6 Å². The molecule has 1 aliphatic rings. The summed E-state index contributed by atoms with van der Waals surface area (Å²) >= 11 is 0.835. The van der Waals surface area contributed by atoms with E-state index in [1.807, 2.05) is 0 Å². The predicted molar refractivity (Wildman–Crippen MR) is 87.6 cm³/mol. The van der Waals surface area contributed by atoms with E-state index in [2.05, 4.69) is 5.92 Å². The summed E-state index contributed by atoms with van der Waals surface area (Å²) in [5.41, 5.74) is 0.594. The Hall–Kier alpha value is -2.59. The normalized spacial score (nSPS) is 15.7. The molecule has 2 rings (SSSR count). The van der Waals surface area contributed by atoms with Crippen LogP contribution in [0.2, 0.25) is 0 Å². The maximum absolute atomic E-state index is 12.2. The molecule has 7 heteroatoms. The van der Waals surface area contributed by atoms with Crippen LogP contribution in [0.5, 0.6) is 17.2 Å². The molecule has 0 saturated carbocycles. The second-order valence-electron chi connectivity index (χ2n) is 4.40. The minimum absolute atomic E-state index is 0.0505. The van der Waals surface area contributed by atoms with Crippen LogP contribution in [-0.4, -0.2) is 43.9 Å². The summed E-state index contributed by atoms with van der Waals surface area (Å²) in [6.07, 6.45) is 6.74. The summed E-state index contributed by atoms with van der Waals surface area (Å²) in [6.45, 7) is -0.0505. The average Bonchev–Trinajstić information content (AvgIpc) is 2.82. The monoisotopic (exact) mass is 333 g/mol. The van der Waals surface area contributed by atoms with Crippen LogP contribution in [0.4, 0.5) is 4.79 Å². The zero-order chi connectivity index (χ0) is 17.0. The van der Waals surface area contributed by atoms with Crippen molar-refractivity contribution in [1.29, 1.82) is 0 Å². The Morgan fingerprint density at radius 3 is 2.43 bits per heavy atom. The number of thioether (sulfide) groups is 1. The first-order valence-corrected chi connectivity index (χ1v) is 7.36. The summed E-state index contributed by atoms with van der Waals surface area (Å²) in [5, 5.41) is -0.390. The number of terminal acetylenes is 1. The third-order valence-electron chi connectivity index (χ3n) is 3.14. The smallest absolute Gasteiger partial charge is 0.294 e. The van der Waals surface area contributed by atoms with Gasteiger partial charge < -0.3 is 14.2 Å². The number of imide groups is 1. The van der Waals surface area contributed by atoms with E-state index in [0.29, 0.717) is 22.8 Å².